The van der Waals surface area contributed by atoms with Gasteiger partial charge in [-0.05, 0) is 20.8 Å². The molecule has 1 aliphatic rings. The molecule has 1 atom stereocenters. The molecule has 1 unspecified atom stereocenters. The number of hydrogen-bond acceptors (Lipinski definition) is 2. The Hall–Kier alpha value is -0.370. The summed E-state index contributed by atoms with van der Waals surface area (Å²) >= 11 is 0. The Morgan fingerprint density at radius 3 is 2.64 bits per heavy atom. The molecule has 0 bridgehead atoms. The average molecular weight is 155 g/mol. The van der Waals surface area contributed by atoms with E-state index < -0.39 is 0 Å². The topological polar surface area (TPSA) is 20.3 Å². The van der Waals surface area contributed by atoms with Crippen LogP contribution < -0.4 is 0 Å². The van der Waals surface area contributed by atoms with Crippen molar-refractivity contribution in [1.29, 1.82) is 0 Å². The lowest BCUT2D eigenvalue weighted by Gasteiger charge is -2.35. The highest BCUT2D eigenvalue weighted by molar-refractivity contribution is 5.79. The van der Waals surface area contributed by atoms with Crippen LogP contribution in [0.4, 0.5) is 0 Å². The molecule has 1 fully saturated rings. The second-order valence-corrected chi connectivity index (χ2v) is 3.67. The van der Waals surface area contributed by atoms with E-state index in [1.54, 1.807) is 0 Å². The molecule has 0 aliphatic carbocycles. The van der Waals surface area contributed by atoms with Crippen molar-refractivity contribution in [2.24, 2.45) is 0 Å². The van der Waals surface area contributed by atoms with Crippen LogP contribution in [0, 0.1) is 0 Å². The molecule has 0 aromatic rings. The summed E-state index contributed by atoms with van der Waals surface area (Å²) in [6.07, 6.45) is 1.50. The van der Waals surface area contributed by atoms with Crippen molar-refractivity contribution in [1.82, 2.24) is 4.90 Å². The van der Waals surface area contributed by atoms with Gasteiger partial charge >= 0.3 is 0 Å². The highest BCUT2D eigenvalue weighted by atomic mass is 16.1. The third-order valence-electron chi connectivity index (χ3n) is 2.40. The Balaban J connectivity index is 2.50. The number of nitrogens with zero attached hydrogens (tertiary/aromatic N) is 1. The standard InChI is InChI=1S/C9H17NO/c1-7(2)10-5-4-9(11)6-8(10)3/h7-8H,4-6H2,1-3H3. The molecule has 1 rings (SSSR count). The van der Waals surface area contributed by atoms with Gasteiger partial charge in [-0.15, -0.1) is 0 Å². The van der Waals surface area contributed by atoms with Crippen LogP contribution in [-0.4, -0.2) is 29.3 Å². The third kappa shape index (κ3) is 2.03. The van der Waals surface area contributed by atoms with Gasteiger partial charge < -0.3 is 0 Å². The Morgan fingerprint density at radius 2 is 2.18 bits per heavy atom. The van der Waals surface area contributed by atoms with E-state index in [1.807, 2.05) is 0 Å². The van der Waals surface area contributed by atoms with Crippen LogP contribution in [0.5, 0.6) is 0 Å². The lowest BCUT2D eigenvalue weighted by atomic mass is 10.0. The van der Waals surface area contributed by atoms with E-state index >= 15 is 0 Å². The Kier molecular flexibility index (Phi) is 2.66. The first kappa shape index (κ1) is 8.72. The summed E-state index contributed by atoms with van der Waals surface area (Å²) in [4.78, 5) is 13.4. The van der Waals surface area contributed by atoms with Crippen molar-refractivity contribution in [2.75, 3.05) is 6.54 Å². The molecule has 2 heteroatoms. The quantitative estimate of drug-likeness (QED) is 0.571. The Morgan fingerprint density at radius 1 is 1.55 bits per heavy atom. The lowest BCUT2D eigenvalue weighted by Crippen LogP contribution is -2.44. The number of likely N-dealkylation sites (tertiary alicyclic amines) is 1. The number of Topliss-reactive ketones (excluding diaryl/α,β-unsaturated/α-hetero) is 1. The summed E-state index contributed by atoms with van der Waals surface area (Å²) < 4.78 is 0. The van der Waals surface area contributed by atoms with Crippen LogP contribution in [0.1, 0.15) is 33.6 Å². The lowest BCUT2D eigenvalue weighted by molar-refractivity contribution is -0.123. The summed E-state index contributed by atoms with van der Waals surface area (Å²) in [7, 11) is 0. The zero-order valence-corrected chi connectivity index (χ0v) is 7.63. The van der Waals surface area contributed by atoms with Crippen molar-refractivity contribution in [3.05, 3.63) is 0 Å². The zero-order chi connectivity index (χ0) is 8.43. The van der Waals surface area contributed by atoms with E-state index in [2.05, 4.69) is 25.7 Å². The van der Waals surface area contributed by atoms with E-state index in [1.165, 1.54) is 0 Å². The van der Waals surface area contributed by atoms with Gasteiger partial charge in [0.25, 0.3) is 0 Å². The van der Waals surface area contributed by atoms with Crippen molar-refractivity contribution < 1.29 is 4.79 Å². The molecule has 1 aliphatic heterocycles. The zero-order valence-electron chi connectivity index (χ0n) is 7.63. The number of ketones is 1. The van der Waals surface area contributed by atoms with Crippen LogP contribution in [0.15, 0.2) is 0 Å². The van der Waals surface area contributed by atoms with Gasteiger partial charge in [0.15, 0.2) is 0 Å². The monoisotopic (exact) mass is 155 g/mol. The molecule has 0 aromatic heterocycles. The summed E-state index contributed by atoms with van der Waals surface area (Å²) in [5, 5.41) is 0. The number of carbonyl (C=O) groups is 1. The maximum absolute atomic E-state index is 11.0. The molecular formula is C9H17NO. The van der Waals surface area contributed by atoms with Crippen molar-refractivity contribution in [3.8, 4) is 0 Å². The van der Waals surface area contributed by atoms with E-state index in [9.17, 15) is 4.79 Å². The second kappa shape index (κ2) is 3.35. The fraction of sp³-hybridized carbons (Fsp3) is 0.889. The minimum Gasteiger partial charge on any atom is -0.300 e. The highest BCUT2D eigenvalue weighted by Crippen LogP contribution is 2.16. The number of rotatable bonds is 1. The summed E-state index contributed by atoms with van der Waals surface area (Å²) in [6.45, 7) is 7.47. The van der Waals surface area contributed by atoms with Crippen LogP contribution >= 0.6 is 0 Å². The van der Waals surface area contributed by atoms with Gasteiger partial charge in [0.2, 0.25) is 0 Å². The third-order valence-corrected chi connectivity index (χ3v) is 2.40. The maximum Gasteiger partial charge on any atom is 0.135 e. The Labute approximate surface area is 68.6 Å². The minimum atomic E-state index is 0.425. The van der Waals surface area contributed by atoms with Gasteiger partial charge in [-0.25, -0.2) is 0 Å². The summed E-state index contributed by atoms with van der Waals surface area (Å²) in [5.74, 6) is 0.425. The average Bonchev–Trinajstić information content (AvgIpc) is 1.85. The molecule has 1 saturated heterocycles. The largest absolute Gasteiger partial charge is 0.300 e. The molecule has 2 nitrogen and oxygen atoms in total. The van der Waals surface area contributed by atoms with Crippen LogP contribution in [0.25, 0.3) is 0 Å². The molecule has 0 radical (unpaired) electrons. The second-order valence-electron chi connectivity index (χ2n) is 3.67. The smallest absolute Gasteiger partial charge is 0.135 e. The number of carbonyl (C=O) groups excluding carboxylic acids is 1. The van der Waals surface area contributed by atoms with Crippen LogP contribution in [-0.2, 0) is 4.79 Å². The molecule has 64 valence electrons. The summed E-state index contributed by atoms with van der Waals surface area (Å²) in [6, 6.07) is 1.04. The van der Waals surface area contributed by atoms with E-state index in [0.29, 0.717) is 17.9 Å². The van der Waals surface area contributed by atoms with Gasteiger partial charge in [0.05, 0.1) is 0 Å². The van der Waals surface area contributed by atoms with Gasteiger partial charge in [-0.3, -0.25) is 9.69 Å². The molecule has 0 N–H and O–H groups in total. The predicted molar refractivity (Wildman–Crippen MR) is 45.5 cm³/mol. The van der Waals surface area contributed by atoms with Crippen LogP contribution in [0.2, 0.25) is 0 Å². The van der Waals surface area contributed by atoms with Crippen molar-refractivity contribution >= 4 is 5.78 Å². The van der Waals surface area contributed by atoms with E-state index in [-0.39, 0.29) is 0 Å². The predicted octanol–water partition coefficient (Wildman–Crippen LogP) is 1.45. The first-order chi connectivity index (χ1) is 5.11. The molecule has 0 spiro atoms. The van der Waals surface area contributed by atoms with Gasteiger partial charge in [0, 0.05) is 31.5 Å². The van der Waals surface area contributed by atoms with E-state index in [0.717, 1.165) is 19.4 Å². The number of hydrogen-bond donors (Lipinski definition) is 0. The van der Waals surface area contributed by atoms with Crippen molar-refractivity contribution in [3.63, 3.8) is 0 Å². The highest BCUT2D eigenvalue weighted by Gasteiger charge is 2.24. The molecular weight excluding hydrogens is 138 g/mol. The first-order valence-corrected chi connectivity index (χ1v) is 4.38. The molecule has 11 heavy (non-hydrogen) atoms. The molecule has 0 saturated carbocycles. The fourth-order valence-corrected chi connectivity index (χ4v) is 1.79. The molecule has 0 amide bonds. The maximum atomic E-state index is 11.0. The van der Waals surface area contributed by atoms with E-state index in [4.69, 9.17) is 0 Å². The number of piperidine rings is 1. The van der Waals surface area contributed by atoms with Gasteiger partial charge in [-0.1, -0.05) is 0 Å². The summed E-state index contributed by atoms with van der Waals surface area (Å²) in [5.41, 5.74) is 0. The van der Waals surface area contributed by atoms with Crippen molar-refractivity contribution in [2.45, 2.75) is 45.7 Å². The SMILES string of the molecule is CC(C)N1CCC(=O)CC1C. The Bertz CT molecular complexity index is 154. The van der Waals surface area contributed by atoms with Gasteiger partial charge in [-0.2, -0.15) is 0 Å². The normalized spacial score (nSPS) is 28.0. The van der Waals surface area contributed by atoms with Gasteiger partial charge in [0.1, 0.15) is 5.78 Å². The molecule has 1 heterocycles. The first-order valence-electron chi connectivity index (χ1n) is 4.38. The van der Waals surface area contributed by atoms with Crippen LogP contribution in [0.3, 0.4) is 0 Å². The molecule has 0 aromatic carbocycles. The minimum absolute atomic E-state index is 0.425. The fourth-order valence-electron chi connectivity index (χ4n) is 1.79.